The lowest BCUT2D eigenvalue weighted by atomic mass is 9.64. The number of fused-ring (bicyclic) bond motifs is 3. The maximum atomic E-state index is 2.59. The Balaban J connectivity index is 1.70. The second kappa shape index (κ2) is 3.03. The second-order valence-corrected chi connectivity index (χ2v) is 7.49. The van der Waals surface area contributed by atoms with Gasteiger partial charge in [-0.25, -0.2) is 0 Å². The minimum atomic E-state index is 0.617. The van der Waals surface area contributed by atoms with Gasteiger partial charge in [0.05, 0.1) is 0 Å². The second-order valence-electron chi connectivity index (χ2n) is 7.49. The fourth-order valence-electron chi connectivity index (χ4n) is 6.12. The maximum absolute atomic E-state index is 2.59. The third kappa shape index (κ3) is 0.908. The first-order valence-corrected chi connectivity index (χ1v) is 7.62. The molecule has 0 aromatic heterocycles. The molecule has 0 nitrogen and oxygen atoms in total. The van der Waals surface area contributed by atoms with Crippen LogP contribution in [0.5, 0.6) is 0 Å². The number of benzene rings is 1. The predicted octanol–water partition coefficient (Wildman–Crippen LogP) is 5.07. The van der Waals surface area contributed by atoms with E-state index in [0.29, 0.717) is 10.8 Å². The summed E-state index contributed by atoms with van der Waals surface area (Å²) >= 11 is 0. The maximum Gasteiger partial charge on any atom is -0.00914 e. The summed E-state index contributed by atoms with van der Waals surface area (Å²) in [4.78, 5) is 0. The van der Waals surface area contributed by atoms with Crippen molar-refractivity contribution in [3.63, 3.8) is 0 Å². The highest BCUT2D eigenvalue weighted by Gasteiger charge is 2.89. The normalized spacial score (nSPS) is 43.6. The lowest BCUT2D eigenvalue weighted by molar-refractivity contribution is 0.169. The van der Waals surface area contributed by atoms with Gasteiger partial charge in [-0.05, 0) is 53.9 Å². The molecule has 1 spiro atoms. The minimum absolute atomic E-state index is 0.617. The average Bonchev–Trinajstić information content (AvgIpc) is 2.78. The summed E-state index contributed by atoms with van der Waals surface area (Å²) in [6.45, 7) is 7.35. The van der Waals surface area contributed by atoms with Crippen molar-refractivity contribution < 1.29 is 0 Å². The third-order valence-corrected chi connectivity index (χ3v) is 7.38. The van der Waals surface area contributed by atoms with Gasteiger partial charge in [0.15, 0.2) is 0 Å². The Morgan fingerprint density at radius 3 is 2.22 bits per heavy atom. The van der Waals surface area contributed by atoms with Crippen LogP contribution in [0.4, 0.5) is 0 Å². The van der Waals surface area contributed by atoms with Crippen molar-refractivity contribution in [2.75, 3.05) is 0 Å². The van der Waals surface area contributed by atoms with E-state index in [2.05, 4.69) is 45.0 Å². The molecule has 96 valence electrons. The van der Waals surface area contributed by atoms with E-state index in [1.807, 2.05) is 0 Å². The zero-order valence-electron chi connectivity index (χ0n) is 11.9. The molecule has 0 aliphatic heterocycles. The van der Waals surface area contributed by atoms with E-state index in [4.69, 9.17) is 0 Å². The number of hydrogen-bond donors (Lipinski definition) is 0. The lowest BCUT2D eigenvalue weighted by Gasteiger charge is -2.40. The molecule has 3 aliphatic rings. The summed E-state index contributed by atoms with van der Waals surface area (Å²) < 4.78 is 0. The van der Waals surface area contributed by atoms with Gasteiger partial charge < -0.3 is 0 Å². The number of aryl methyl sites for hydroxylation is 1. The van der Waals surface area contributed by atoms with Gasteiger partial charge in [-0.1, -0.05) is 56.5 Å². The van der Waals surface area contributed by atoms with Crippen LogP contribution in [0.2, 0.25) is 0 Å². The minimum Gasteiger partial charge on any atom is -0.0590 e. The average molecular weight is 240 g/mol. The fraction of sp³-hybridized carbons (Fsp3) is 0.667. The highest BCUT2D eigenvalue weighted by atomic mass is 14.9. The summed E-state index contributed by atoms with van der Waals surface area (Å²) in [5.41, 5.74) is 5.00. The van der Waals surface area contributed by atoms with E-state index >= 15 is 0 Å². The highest BCUT2D eigenvalue weighted by molar-refractivity contribution is 5.45. The zero-order chi connectivity index (χ0) is 12.6. The summed E-state index contributed by atoms with van der Waals surface area (Å²) in [6.07, 6.45) is 7.40. The highest BCUT2D eigenvalue weighted by Crippen LogP contribution is 2.96. The van der Waals surface area contributed by atoms with Crippen LogP contribution in [0, 0.1) is 23.2 Å². The van der Waals surface area contributed by atoms with Crippen LogP contribution in [0.25, 0.3) is 0 Å². The monoisotopic (exact) mass is 240 g/mol. The van der Waals surface area contributed by atoms with Crippen LogP contribution in [0.3, 0.4) is 0 Å². The Morgan fingerprint density at radius 1 is 1.00 bits per heavy atom. The van der Waals surface area contributed by atoms with Crippen LogP contribution >= 0.6 is 0 Å². The Morgan fingerprint density at radius 2 is 1.61 bits per heavy atom. The van der Waals surface area contributed by atoms with Crippen molar-refractivity contribution in [1.29, 1.82) is 0 Å². The van der Waals surface area contributed by atoms with Gasteiger partial charge in [0.25, 0.3) is 0 Å². The molecule has 0 N–H and O–H groups in total. The fourth-order valence-corrected chi connectivity index (χ4v) is 6.12. The van der Waals surface area contributed by atoms with Gasteiger partial charge in [-0.3, -0.25) is 0 Å². The zero-order valence-corrected chi connectivity index (χ0v) is 11.9. The van der Waals surface area contributed by atoms with Crippen molar-refractivity contribution in [2.45, 2.75) is 58.8 Å². The van der Waals surface area contributed by atoms with Gasteiger partial charge in [0.1, 0.15) is 0 Å². The largest absolute Gasteiger partial charge is 0.0590 e. The number of hydrogen-bond acceptors (Lipinski definition) is 0. The molecule has 4 rings (SSSR count). The summed E-state index contributed by atoms with van der Waals surface area (Å²) in [5.74, 6) is 0.834. The first kappa shape index (κ1) is 11.1. The third-order valence-electron chi connectivity index (χ3n) is 7.38. The molecule has 0 heterocycles. The van der Waals surface area contributed by atoms with Crippen molar-refractivity contribution in [3.05, 3.63) is 35.4 Å². The predicted molar refractivity (Wildman–Crippen MR) is 75.7 cm³/mol. The Labute approximate surface area is 111 Å². The first-order chi connectivity index (χ1) is 8.55. The van der Waals surface area contributed by atoms with Crippen molar-refractivity contribution in [2.24, 2.45) is 16.2 Å². The van der Waals surface area contributed by atoms with Crippen LogP contribution < -0.4 is 0 Å². The van der Waals surface area contributed by atoms with Crippen molar-refractivity contribution >= 4 is 0 Å². The van der Waals surface area contributed by atoms with Gasteiger partial charge in [-0.15, -0.1) is 0 Å². The quantitative estimate of drug-likeness (QED) is 0.643. The molecule has 3 fully saturated rings. The molecule has 3 saturated carbocycles. The first-order valence-electron chi connectivity index (χ1n) is 7.62. The van der Waals surface area contributed by atoms with Crippen molar-refractivity contribution in [3.8, 4) is 0 Å². The van der Waals surface area contributed by atoms with Gasteiger partial charge in [0, 0.05) is 0 Å². The SMILES string of the molecule is Cc1ccc([C@@H]2C[C@@]3(C)C4(CCCC4)[C@@]23C)cc1. The van der Waals surface area contributed by atoms with E-state index in [1.165, 1.54) is 37.7 Å². The lowest BCUT2D eigenvalue weighted by Crippen LogP contribution is -2.30. The van der Waals surface area contributed by atoms with E-state index in [1.54, 1.807) is 5.56 Å². The van der Waals surface area contributed by atoms with E-state index in [0.717, 1.165) is 11.3 Å². The van der Waals surface area contributed by atoms with Gasteiger partial charge in [-0.2, -0.15) is 0 Å². The van der Waals surface area contributed by atoms with Gasteiger partial charge in [0.2, 0.25) is 0 Å². The Hall–Kier alpha value is -0.780. The standard InChI is InChI=1S/C18H24/c1-13-6-8-14(9-7-13)15-12-16(2)17(15,3)18(16)10-4-5-11-18/h6-9,15H,4-5,10-12H2,1-3H3/t15-,16+,17-/m0/s1. The Kier molecular flexibility index (Phi) is 1.86. The molecule has 0 saturated heterocycles. The molecular formula is C18H24. The molecule has 3 aliphatic carbocycles. The van der Waals surface area contributed by atoms with E-state index in [9.17, 15) is 0 Å². The molecule has 0 heteroatoms. The topological polar surface area (TPSA) is 0 Å². The smallest absolute Gasteiger partial charge is 0.00914 e. The molecule has 0 amide bonds. The molecule has 0 radical (unpaired) electrons. The molecule has 1 aromatic rings. The van der Waals surface area contributed by atoms with Crippen LogP contribution in [0.1, 0.15) is 63.0 Å². The van der Waals surface area contributed by atoms with E-state index < -0.39 is 0 Å². The summed E-state index contributed by atoms with van der Waals surface area (Å²) in [6, 6.07) is 9.34. The van der Waals surface area contributed by atoms with Crippen LogP contribution in [-0.4, -0.2) is 0 Å². The summed E-state index contributed by atoms with van der Waals surface area (Å²) in [5, 5.41) is 0. The van der Waals surface area contributed by atoms with Crippen molar-refractivity contribution in [1.82, 2.24) is 0 Å². The molecular weight excluding hydrogens is 216 g/mol. The molecule has 0 unspecified atom stereocenters. The summed E-state index contributed by atoms with van der Waals surface area (Å²) in [7, 11) is 0. The molecule has 1 aromatic carbocycles. The van der Waals surface area contributed by atoms with Gasteiger partial charge >= 0.3 is 0 Å². The Bertz CT molecular complexity index is 491. The molecule has 18 heavy (non-hydrogen) atoms. The molecule has 3 atom stereocenters. The molecule has 0 bridgehead atoms. The number of rotatable bonds is 1. The van der Waals surface area contributed by atoms with Crippen LogP contribution in [0.15, 0.2) is 24.3 Å². The van der Waals surface area contributed by atoms with Crippen LogP contribution in [-0.2, 0) is 0 Å². The van der Waals surface area contributed by atoms with E-state index in [-0.39, 0.29) is 0 Å².